The summed E-state index contributed by atoms with van der Waals surface area (Å²) < 4.78 is 24.5. The zero-order valence-electron chi connectivity index (χ0n) is 8.78. The number of thiophene rings is 1. The molecule has 0 bridgehead atoms. The third-order valence-electron chi connectivity index (χ3n) is 2.30. The van der Waals surface area contributed by atoms with Crippen LogP contribution in [0.5, 0.6) is 0 Å². The van der Waals surface area contributed by atoms with E-state index in [1.807, 2.05) is 6.07 Å². The Bertz CT molecular complexity index is 625. The van der Waals surface area contributed by atoms with Crippen molar-refractivity contribution < 1.29 is 8.42 Å². The first-order chi connectivity index (χ1) is 8.16. The van der Waals surface area contributed by atoms with Crippen molar-refractivity contribution in [2.75, 3.05) is 0 Å². The third kappa shape index (κ3) is 2.23. The molecule has 1 atom stereocenters. The van der Waals surface area contributed by atoms with Gasteiger partial charge in [0.05, 0.1) is 11.0 Å². The maximum Gasteiger partial charge on any atom is 0.199 e. The van der Waals surface area contributed by atoms with Crippen LogP contribution in [-0.4, -0.2) is 8.42 Å². The molecule has 17 heavy (non-hydrogen) atoms. The number of sulfone groups is 1. The van der Waals surface area contributed by atoms with E-state index in [1.54, 1.807) is 35.7 Å². The van der Waals surface area contributed by atoms with Gasteiger partial charge in [-0.3, -0.25) is 0 Å². The molecule has 1 aromatic heterocycles. The molecule has 3 nitrogen and oxygen atoms in total. The summed E-state index contributed by atoms with van der Waals surface area (Å²) in [6.07, 6.45) is 0. The van der Waals surface area contributed by atoms with Crippen molar-refractivity contribution in [3.8, 4) is 6.07 Å². The molecule has 0 aliphatic carbocycles. The highest BCUT2D eigenvalue weighted by Gasteiger charge is 2.29. The topological polar surface area (TPSA) is 57.9 Å². The van der Waals surface area contributed by atoms with Crippen LogP contribution in [0.4, 0.5) is 0 Å². The Morgan fingerprint density at radius 3 is 2.35 bits per heavy atom. The van der Waals surface area contributed by atoms with E-state index in [-0.39, 0.29) is 4.90 Å². The minimum absolute atomic E-state index is 0.181. The van der Waals surface area contributed by atoms with Crippen molar-refractivity contribution >= 4 is 21.2 Å². The summed E-state index contributed by atoms with van der Waals surface area (Å²) in [5, 5.41) is 9.72. The second-order valence-electron chi connectivity index (χ2n) is 3.38. The van der Waals surface area contributed by atoms with Crippen LogP contribution in [0.25, 0.3) is 0 Å². The van der Waals surface area contributed by atoms with Gasteiger partial charge in [-0.25, -0.2) is 8.42 Å². The summed E-state index contributed by atoms with van der Waals surface area (Å²) in [5.74, 6) is 0. The predicted octanol–water partition coefficient (Wildman–Crippen LogP) is 2.79. The van der Waals surface area contributed by atoms with Crippen molar-refractivity contribution in [1.82, 2.24) is 0 Å². The molecular formula is C12H9NO2S2. The first-order valence-corrected chi connectivity index (χ1v) is 7.31. The summed E-state index contributed by atoms with van der Waals surface area (Å²) in [7, 11) is -3.62. The fourth-order valence-corrected chi connectivity index (χ4v) is 4.00. The van der Waals surface area contributed by atoms with Crippen LogP contribution < -0.4 is 0 Å². The van der Waals surface area contributed by atoms with Gasteiger partial charge in [0.15, 0.2) is 15.1 Å². The molecule has 2 aromatic rings. The maximum absolute atomic E-state index is 12.2. The van der Waals surface area contributed by atoms with E-state index in [0.717, 1.165) is 0 Å². The minimum Gasteiger partial charge on any atom is -0.222 e. The van der Waals surface area contributed by atoms with Gasteiger partial charge in [-0.05, 0) is 23.6 Å². The van der Waals surface area contributed by atoms with Crippen LogP contribution >= 0.6 is 11.3 Å². The van der Waals surface area contributed by atoms with E-state index >= 15 is 0 Å². The van der Waals surface area contributed by atoms with Crippen molar-refractivity contribution in [3.63, 3.8) is 0 Å². The zero-order valence-corrected chi connectivity index (χ0v) is 10.4. The number of hydrogen-bond donors (Lipinski definition) is 0. The molecule has 86 valence electrons. The molecule has 5 heteroatoms. The lowest BCUT2D eigenvalue weighted by Crippen LogP contribution is -2.10. The molecule has 0 radical (unpaired) electrons. The SMILES string of the molecule is N#C[C@@H](c1cccs1)S(=O)(=O)c1ccccc1. The monoisotopic (exact) mass is 263 g/mol. The van der Waals surface area contributed by atoms with Gasteiger partial charge >= 0.3 is 0 Å². The molecule has 0 aliphatic heterocycles. The van der Waals surface area contributed by atoms with Crippen LogP contribution in [0, 0.1) is 11.3 Å². The normalized spacial score (nSPS) is 12.9. The van der Waals surface area contributed by atoms with Crippen LogP contribution in [0.3, 0.4) is 0 Å². The van der Waals surface area contributed by atoms with Crippen LogP contribution in [-0.2, 0) is 9.84 Å². The zero-order chi connectivity index (χ0) is 12.3. The van der Waals surface area contributed by atoms with Crippen molar-refractivity contribution in [1.29, 1.82) is 5.26 Å². The average molecular weight is 263 g/mol. The Hall–Kier alpha value is -1.64. The van der Waals surface area contributed by atoms with Crippen molar-refractivity contribution in [2.45, 2.75) is 10.1 Å². The lowest BCUT2D eigenvalue weighted by Gasteiger charge is -2.08. The molecule has 0 spiro atoms. The third-order valence-corrected chi connectivity index (χ3v) is 5.30. The molecule has 1 aromatic carbocycles. The molecule has 0 amide bonds. The minimum atomic E-state index is -3.62. The Morgan fingerprint density at radius 2 is 1.82 bits per heavy atom. The first-order valence-electron chi connectivity index (χ1n) is 4.88. The Labute approximate surface area is 104 Å². The number of nitriles is 1. The number of hydrogen-bond acceptors (Lipinski definition) is 4. The van der Waals surface area contributed by atoms with E-state index in [1.165, 1.54) is 23.5 Å². The first kappa shape index (κ1) is 11.8. The Kier molecular flexibility index (Phi) is 3.27. The fraction of sp³-hybridized carbons (Fsp3) is 0.0833. The van der Waals surface area contributed by atoms with Gasteiger partial charge < -0.3 is 0 Å². The van der Waals surface area contributed by atoms with E-state index in [4.69, 9.17) is 5.26 Å². The standard InChI is InChI=1S/C12H9NO2S2/c13-9-12(11-7-4-8-16-11)17(14,15)10-5-2-1-3-6-10/h1-8,12H/t12-/m0/s1. The van der Waals surface area contributed by atoms with E-state index < -0.39 is 15.1 Å². The van der Waals surface area contributed by atoms with Gasteiger partial charge in [-0.15, -0.1) is 11.3 Å². The molecule has 0 fully saturated rings. The highest BCUT2D eigenvalue weighted by Crippen LogP contribution is 2.30. The van der Waals surface area contributed by atoms with Gasteiger partial charge in [0, 0.05) is 4.88 Å². The number of benzene rings is 1. The van der Waals surface area contributed by atoms with Crippen LogP contribution in [0.2, 0.25) is 0 Å². The van der Waals surface area contributed by atoms with E-state index in [2.05, 4.69) is 0 Å². The van der Waals surface area contributed by atoms with Crippen LogP contribution in [0.15, 0.2) is 52.7 Å². The highest BCUT2D eigenvalue weighted by molar-refractivity contribution is 7.92. The van der Waals surface area contributed by atoms with Crippen molar-refractivity contribution in [3.05, 3.63) is 52.7 Å². The van der Waals surface area contributed by atoms with Gasteiger partial charge in [-0.1, -0.05) is 24.3 Å². The Morgan fingerprint density at radius 1 is 1.12 bits per heavy atom. The second-order valence-corrected chi connectivity index (χ2v) is 6.39. The predicted molar refractivity (Wildman–Crippen MR) is 66.3 cm³/mol. The molecule has 0 N–H and O–H groups in total. The summed E-state index contributed by atoms with van der Waals surface area (Å²) >= 11 is 1.28. The Balaban J connectivity index is 2.50. The molecule has 0 unspecified atom stereocenters. The molecule has 0 saturated heterocycles. The maximum atomic E-state index is 12.2. The summed E-state index contributed by atoms with van der Waals surface area (Å²) in [4.78, 5) is 0.733. The largest absolute Gasteiger partial charge is 0.222 e. The van der Waals surface area contributed by atoms with Gasteiger partial charge in [0.25, 0.3) is 0 Å². The average Bonchev–Trinajstić information content (AvgIpc) is 2.84. The summed E-state index contributed by atoms with van der Waals surface area (Å²) in [6.45, 7) is 0. The van der Waals surface area contributed by atoms with Gasteiger partial charge in [0.2, 0.25) is 0 Å². The molecule has 2 rings (SSSR count). The quantitative estimate of drug-likeness (QED) is 0.855. The second kappa shape index (κ2) is 4.70. The molecular weight excluding hydrogens is 254 g/mol. The number of rotatable bonds is 3. The van der Waals surface area contributed by atoms with E-state index in [0.29, 0.717) is 4.88 Å². The van der Waals surface area contributed by atoms with Gasteiger partial charge in [0.1, 0.15) is 0 Å². The van der Waals surface area contributed by atoms with Gasteiger partial charge in [-0.2, -0.15) is 5.26 Å². The fourth-order valence-electron chi connectivity index (χ4n) is 1.47. The number of nitrogens with zero attached hydrogens (tertiary/aromatic N) is 1. The highest BCUT2D eigenvalue weighted by atomic mass is 32.2. The molecule has 1 heterocycles. The lowest BCUT2D eigenvalue weighted by molar-refractivity contribution is 0.591. The molecule has 0 saturated carbocycles. The summed E-state index contributed by atoms with van der Waals surface area (Å²) in [5.41, 5.74) is 0. The molecule has 0 aliphatic rings. The summed E-state index contributed by atoms with van der Waals surface area (Å²) in [6, 6.07) is 13.3. The lowest BCUT2D eigenvalue weighted by atomic mass is 10.4. The van der Waals surface area contributed by atoms with Crippen LogP contribution in [0.1, 0.15) is 10.1 Å². The van der Waals surface area contributed by atoms with Crippen molar-refractivity contribution in [2.24, 2.45) is 0 Å². The smallest absolute Gasteiger partial charge is 0.199 e. The van der Waals surface area contributed by atoms with E-state index in [9.17, 15) is 8.42 Å².